The fourth-order valence-corrected chi connectivity index (χ4v) is 5.00. The summed E-state index contributed by atoms with van der Waals surface area (Å²) in [5.41, 5.74) is 1.44. The lowest BCUT2D eigenvalue weighted by molar-refractivity contribution is -0.112. The van der Waals surface area contributed by atoms with Gasteiger partial charge in [0.2, 0.25) is 10.0 Å². The molecule has 0 aliphatic carbocycles. The van der Waals surface area contributed by atoms with Crippen LogP contribution in [0.1, 0.15) is 18.2 Å². The summed E-state index contributed by atoms with van der Waals surface area (Å²) in [6, 6.07) is 8.68. The number of hydrogen-bond donors (Lipinski definition) is 1. The molecule has 1 aliphatic rings. The van der Waals surface area contributed by atoms with Crippen LogP contribution in [0.15, 0.2) is 41.3 Å². The Balaban J connectivity index is 1.83. The van der Waals surface area contributed by atoms with Crippen molar-refractivity contribution in [2.45, 2.75) is 13.3 Å². The first-order chi connectivity index (χ1) is 11.9. The van der Waals surface area contributed by atoms with Gasteiger partial charge in [0.15, 0.2) is 0 Å². The Hall–Kier alpha value is -1.83. The first kappa shape index (κ1) is 18.0. The molecule has 25 heavy (non-hydrogen) atoms. The van der Waals surface area contributed by atoms with Gasteiger partial charge in [-0.3, -0.25) is 9.10 Å². The number of amides is 1. The Morgan fingerprint density at radius 2 is 2.16 bits per heavy atom. The van der Waals surface area contributed by atoms with Crippen LogP contribution in [0, 0.1) is 0 Å². The number of thiophene rings is 1. The van der Waals surface area contributed by atoms with Crippen molar-refractivity contribution >= 4 is 56.3 Å². The van der Waals surface area contributed by atoms with Crippen LogP contribution in [0.5, 0.6) is 0 Å². The molecule has 1 amide bonds. The molecule has 8 heteroatoms. The number of rotatable bonds is 4. The van der Waals surface area contributed by atoms with Crippen LogP contribution in [-0.2, 0) is 14.8 Å². The number of anilines is 2. The monoisotopic (exact) mass is 396 g/mol. The maximum Gasteiger partial charge on any atom is 0.251 e. The molecule has 1 aromatic carbocycles. The minimum atomic E-state index is -3.28. The summed E-state index contributed by atoms with van der Waals surface area (Å²) in [4.78, 5) is 13.4. The molecular weight excluding hydrogens is 380 g/mol. The third-order valence-corrected chi connectivity index (χ3v) is 6.86. The van der Waals surface area contributed by atoms with Crippen molar-refractivity contribution in [1.82, 2.24) is 0 Å². The molecule has 2 aromatic rings. The first-order valence-corrected chi connectivity index (χ1v) is 10.6. The van der Waals surface area contributed by atoms with Crippen LogP contribution >= 0.6 is 22.9 Å². The summed E-state index contributed by atoms with van der Waals surface area (Å²) in [5, 5.41) is 5.05. The second kappa shape index (κ2) is 7.19. The molecule has 0 bridgehead atoms. The van der Waals surface area contributed by atoms with E-state index in [1.54, 1.807) is 42.5 Å². The van der Waals surface area contributed by atoms with Gasteiger partial charge in [-0.15, -0.1) is 11.3 Å². The largest absolute Gasteiger partial charge is 0.321 e. The summed E-state index contributed by atoms with van der Waals surface area (Å²) in [7, 11) is -3.28. The Bertz CT molecular complexity index is 921. The zero-order chi connectivity index (χ0) is 18.0. The van der Waals surface area contributed by atoms with Crippen molar-refractivity contribution < 1.29 is 13.2 Å². The fraction of sp³-hybridized carbons (Fsp3) is 0.235. The molecule has 1 fully saturated rings. The number of halogens is 1. The van der Waals surface area contributed by atoms with E-state index in [0.717, 1.165) is 4.88 Å². The van der Waals surface area contributed by atoms with E-state index in [1.807, 2.05) is 17.5 Å². The highest BCUT2D eigenvalue weighted by Gasteiger charge is 2.28. The van der Waals surface area contributed by atoms with Gasteiger partial charge in [-0.2, -0.15) is 0 Å². The van der Waals surface area contributed by atoms with Crippen molar-refractivity contribution in [3.05, 3.63) is 51.2 Å². The molecule has 1 saturated heterocycles. The number of carbonyl (C=O) groups excluding carboxylic acids is 1. The first-order valence-electron chi connectivity index (χ1n) is 7.70. The van der Waals surface area contributed by atoms with Crippen LogP contribution in [0.25, 0.3) is 6.08 Å². The predicted molar refractivity (Wildman–Crippen MR) is 104 cm³/mol. The summed E-state index contributed by atoms with van der Waals surface area (Å²) >= 11 is 7.71. The zero-order valence-electron chi connectivity index (χ0n) is 13.5. The maximum atomic E-state index is 12.4. The average Bonchev–Trinajstić information content (AvgIpc) is 3.18. The van der Waals surface area contributed by atoms with E-state index in [9.17, 15) is 13.2 Å². The topological polar surface area (TPSA) is 66.5 Å². The van der Waals surface area contributed by atoms with Gasteiger partial charge in [-0.25, -0.2) is 8.42 Å². The Labute approximate surface area is 156 Å². The van der Waals surface area contributed by atoms with Gasteiger partial charge >= 0.3 is 0 Å². The minimum Gasteiger partial charge on any atom is -0.321 e. The average molecular weight is 397 g/mol. The number of nitrogens with one attached hydrogen (secondary N) is 1. The second-order valence-electron chi connectivity index (χ2n) is 5.70. The van der Waals surface area contributed by atoms with Crippen LogP contribution in [0.3, 0.4) is 0 Å². The van der Waals surface area contributed by atoms with Gasteiger partial charge in [0.05, 0.1) is 22.2 Å². The Morgan fingerprint density at radius 3 is 2.80 bits per heavy atom. The van der Waals surface area contributed by atoms with E-state index in [1.165, 1.54) is 4.31 Å². The molecule has 0 unspecified atom stereocenters. The molecule has 0 radical (unpaired) electrons. The van der Waals surface area contributed by atoms with E-state index >= 15 is 0 Å². The lowest BCUT2D eigenvalue weighted by Crippen LogP contribution is -2.25. The summed E-state index contributed by atoms with van der Waals surface area (Å²) < 4.78 is 25.5. The molecule has 5 nitrogen and oxygen atoms in total. The van der Waals surface area contributed by atoms with Crippen LogP contribution < -0.4 is 9.62 Å². The molecule has 1 aromatic heterocycles. The fourth-order valence-electron chi connectivity index (χ4n) is 2.57. The number of nitrogens with zero attached hydrogens (tertiary/aromatic N) is 1. The normalized spacial score (nSPS) is 16.9. The molecule has 2 heterocycles. The highest BCUT2D eigenvalue weighted by molar-refractivity contribution is 7.93. The van der Waals surface area contributed by atoms with Crippen LogP contribution in [-0.4, -0.2) is 26.6 Å². The third kappa shape index (κ3) is 4.05. The standard InChI is InChI=1S/C17H17ClN2O3S2/c1-12(10-14-4-2-8-24-14)17(21)19-16-11-13(5-6-15(16)18)20-7-3-9-25(20,22)23/h2,4-6,8,10-11H,3,7,9H2,1H3,(H,19,21)/b12-10+. The predicted octanol–water partition coefficient (Wildman–Crippen LogP) is 3.98. The second-order valence-corrected chi connectivity index (χ2v) is 9.10. The highest BCUT2D eigenvalue weighted by Crippen LogP contribution is 2.31. The highest BCUT2D eigenvalue weighted by atomic mass is 35.5. The number of sulfonamides is 1. The Kier molecular flexibility index (Phi) is 5.17. The lowest BCUT2D eigenvalue weighted by atomic mass is 10.2. The van der Waals surface area contributed by atoms with Crippen LogP contribution in [0.4, 0.5) is 11.4 Å². The van der Waals surface area contributed by atoms with Gasteiger partial charge in [-0.05, 0) is 49.1 Å². The quantitative estimate of drug-likeness (QED) is 0.795. The summed E-state index contributed by atoms with van der Waals surface area (Å²) in [6.07, 6.45) is 2.39. The number of carbonyl (C=O) groups is 1. The molecule has 0 spiro atoms. The van der Waals surface area contributed by atoms with E-state index in [2.05, 4.69) is 5.32 Å². The van der Waals surface area contributed by atoms with Crippen molar-refractivity contribution in [1.29, 1.82) is 0 Å². The molecular formula is C17H17ClN2O3S2. The van der Waals surface area contributed by atoms with Crippen LogP contribution in [0.2, 0.25) is 5.02 Å². The Morgan fingerprint density at radius 1 is 1.36 bits per heavy atom. The summed E-state index contributed by atoms with van der Waals surface area (Å²) in [6.45, 7) is 2.16. The molecule has 0 atom stereocenters. The van der Waals surface area contributed by atoms with Gasteiger partial charge in [0.25, 0.3) is 5.91 Å². The van der Waals surface area contributed by atoms with E-state index in [-0.39, 0.29) is 11.7 Å². The molecule has 1 aliphatic heterocycles. The summed E-state index contributed by atoms with van der Waals surface area (Å²) in [5.74, 6) is -0.142. The van der Waals surface area contributed by atoms with Crippen molar-refractivity contribution in [3.8, 4) is 0 Å². The van der Waals surface area contributed by atoms with E-state index in [0.29, 0.717) is 34.9 Å². The smallest absolute Gasteiger partial charge is 0.251 e. The molecule has 1 N–H and O–H groups in total. The van der Waals surface area contributed by atoms with Crippen molar-refractivity contribution in [2.24, 2.45) is 0 Å². The maximum absolute atomic E-state index is 12.4. The minimum absolute atomic E-state index is 0.139. The third-order valence-electron chi connectivity index (χ3n) is 3.85. The molecule has 3 rings (SSSR count). The zero-order valence-corrected chi connectivity index (χ0v) is 15.9. The molecule has 132 valence electrons. The van der Waals surface area contributed by atoms with Gasteiger partial charge < -0.3 is 5.32 Å². The van der Waals surface area contributed by atoms with Gasteiger partial charge in [-0.1, -0.05) is 17.7 Å². The van der Waals surface area contributed by atoms with Gasteiger partial charge in [0.1, 0.15) is 0 Å². The molecule has 0 saturated carbocycles. The van der Waals surface area contributed by atoms with Gasteiger partial charge in [0, 0.05) is 17.0 Å². The SMILES string of the molecule is C/C(=C\c1cccs1)C(=O)Nc1cc(N2CCCS2(=O)=O)ccc1Cl. The lowest BCUT2D eigenvalue weighted by Gasteiger charge is -2.18. The van der Waals surface area contributed by atoms with E-state index < -0.39 is 10.0 Å². The van der Waals surface area contributed by atoms with Crippen molar-refractivity contribution in [2.75, 3.05) is 21.9 Å². The number of benzene rings is 1. The van der Waals surface area contributed by atoms with Crippen molar-refractivity contribution in [3.63, 3.8) is 0 Å². The van der Waals surface area contributed by atoms with E-state index in [4.69, 9.17) is 11.6 Å². The number of hydrogen-bond acceptors (Lipinski definition) is 4.